The van der Waals surface area contributed by atoms with E-state index in [0.29, 0.717) is 12.1 Å². The molecule has 2 N–H and O–H groups in total. The number of aryl methyl sites for hydroxylation is 1. The number of hydrogen-bond donors (Lipinski definition) is 2. The molecular formula is C20H37N7. The van der Waals surface area contributed by atoms with Crippen molar-refractivity contribution in [1.29, 1.82) is 0 Å². The Balaban J connectivity index is 1.65. The van der Waals surface area contributed by atoms with Crippen LogP contribution in [-0.4, -0.2) is 57.3 Å². The van der Waals surface area contributed by atoms with Crippen LogP contribution < -0.4 is 10.6 Å². The summed E-state index contributed by atoms with van der Waals surface area (Å²) < 4.78 is 2.05. The molecule has 0 spiro atoms. The number of piperidine rings is 1. The number of hydrogen-bond acceptors (Lipinski definition) is 4. The van der Waals surface area contributed by atoms with Crippen molar-refractivity contribution in [2.75, 3.05) is 26.2 Å². The van der Waals surface area contributed by atoms with Crippen LogP contribution in [0.4, 0.5) is 0 Å². The fraction of sp³-hybridized carbons (Fsp3) is 0.850. The molecule has 0 radical (unpaired) electrons. The fourth-order valence-electron chi connectivity index (χ4n) is 4.59. The van der Waals surface area contributed by atoms with Crippen LogP contribution in [-0.2, 0) is 13.1 Å². The smallest absolute Gasteiger partial charge is 0.191 e. The van der Waals surface area contributed by atoms with Crippen LogP contribution >= 0.6 is 0 Å². The minimum atomic E-state index is 0.304. The molecular weight excluding hydrogens is 338 g/mol. The zero-order chi connectivity index (χ0) is 19.0. The molecule has 1 aromatic heterocycles. The van der Waals surface area contributed by atoms with E-state index in [2.05, 4.69) is 39.6 Å². The van der Waals surface area contributed by atoms with E-state index >= 15 is 0 Å². The highest BCUT2D eigenvalue weighted by Gasteiger charge is 2.38. The molecule has 7 nitrogen and oxygen atoms in total. The Morgan fingerprint density at radius 3 is 2.52 bits per heavy atom. The summed E-state index contributed by atoms with van der Waals surface area (Å²) in [7, 11) is 0. The van der Waals surface area contributed by atoms with Gasteiger partial charge in [-0.1, -0.05) is 25.7 Å². The monoisotopic (exact) mass is 375 g/mol. The van der Waals surface area contributed by atoms with E-state index < -0.39 is 0 Å². The molecule has 0 amide bonds. The first kappa shape index (κ1) is 20.1. The molecule has 0 aromatic carbocycles. The molecule has 27 heavy (non-hydrogen) atoms. The van der Waals surface area contributed by atoms with Crippen LogP contribution in [0.3, 0.4) is 0 Å². The summed E-state index contributed by atoms with van der Waals surface area (Å²) in [6.07, 6.45) is 12.6. The number of nitrogens with one attached hydrogen (secondary N) is 2. The second-order valence-electron chi connectivity index (χ2n) is 7.91. The van der Waals surface area contributed by atoms with Gasteiger partial charge in [0.25, 0.3) is 0 Å². The first-order chi connectivity index (χ1) is 13.3. The Kier molecular flexibility index (Phi) is 7.50. The van der Waals surface area contributed by atoms with Gasteiger partial charge in [-0.15, -0.1) is 10.2 Å². The highest BCUT2D eigenvalue weighted by molar-refractivity contribution is 5.79. The molecule has 1 saturated heterocycles. The minimum Gasteiger partial charge on any atom is -0.357 e. The highest BCUT2D eigenvalue weighted by Crippen LogP contribution is 2.35. The predicted octanol–water partition coefficient (Wildman–Crippen LogP) is 2.54. The van der Waals surface area contributed by atoms with Crippen LogP contribution in [0.25, 0.3) is 0 Å². The Bertz CT molecular complexity index is 583. The lowest BCUT2D eigenvalue weighted by Crippen LogP contribution is -2.59. The lowest BCUT2D eigenvalue weighted by Gasteiger charge is -2.48. The van der Waals surface area contributed by atoms with Crippen molar-refractivity contribution in [3.8, 4) is 0 Å². The standard InChI is InChI=1S/C20H37N7/c1-3-21-19(22-15-18-25-24-17-26(18)4-2)23-16-20(11-7-5-8-12-20)27-13-9-6-10-14-27/h17H,3-16H2,1-2H3,(H2,21,22,23). The zero-order valence-electron chi connectivity index (χ0n) is 17.2. The zero-order valence-corrected chi connectivity index (χ0v) is 17.2. The largest absolute Gasteiger partial charge is 0.357 e. The Hall–Kier alpha value is -1.63. The van der Waals surface area contributed by atoms with Crippen LogP contribution in [0.2, 0.25) is 0 Å². The molecule has 1 aliphatic heterocycles. The van der Waals surface area contributed by atoms with Crippen molar-refractivity contribution < 1.29 is 0 Å². The van der Waals surface area contributed by atoms with Crippen molar-refractivity contribution in [2.45, 2.75) is 83.8 Å². The SMILES string of the molecule is CCNC(=NCc1nncn1CC)NCC1(N2CCCCC2)CCCCC1. The first-order valence-electron chi connectivity index (χ1n) is 10.9. The molecule has 1 saturated carbocycles. The average molecular weight is 376 g/mol. The first-order valence-corrected chi connectivity index (χ1v) is 10.9. The summed E-state index contributed by atoms with van der Waals surface area (Å²) in [6.45, 7) is 10.0. The third kappa shape index (κ3) is 5.21. The van der Waals surface area contributed by atoms with Gasteiger partial charge in [0.15, 0.2) is 11.8 Å². The summed E-state index contributed by atoms with van der Waals surface area (Å²) in [4.78, 5) is 7.56. The summed E-state index contributed by atoms with van der Waals surface area (Å²) >= 11 is 0. The van der Waals surface area contributed by atoms with Gasteiger partial charge >= 0.3 is 0 Å². The summed E-state index contributed by atoms with van der Waals surface area (Å²) in [5, 5.41) is 15.3. The maximum absolute atomic E-state index is 4.78. The lowest BCUT2D eigenvalue weighted by atomic mass is 9.79. The van der Waals surface area contributed by atoms with E-state index in [4.69, 9.17) is 4.99 Å². The number of guanidine groups is 1. The molecule has 1 aromatic rings. The molecule has 152 valence electrons. The number of nitrogens with zero attached hydrogens (tertiary/aromatic N) is 5. The summed E-state index contributed by atoms with van der Waals surface area (Å²) in [5.41, 5.74) is 0.304. The number of likely N-dealkylation sites (tertiary alicyclic amines) is 1. The molecule has 7 heteroatoms. The Morgan fingerprint density at radius 1 is 1.07 bits per heavy atom. The maximum Gasteiger partial charge on any atom is 0.191 e. The van der Waals surface area contributed by atoms with Gasteiger partial charge in [0, 0.05) is 25.2 Å². The van der Waals surface area contributed by atoms with Crippen molar-refractivity contribution in [1.82, 2.24) is 30.3 Å². The highest BCUT2D eigenvalue weighted by atomic mass is 15.3. The van der Waals surface area contributed by atoms with Crippen LogP contribution in [0.15, 0.2) is 11.3 Å². The van der Waals surface area contributed by atoms with Crippen molar-refractivity contribution in [3.63, 3.8) is 0 Å². The van der Waals surface area contributed by atoms with E-state index in [1.807, 2.05) is 4.57 Å². The number of aliphatic imine (C=N–C) groups is 1. The van der Waals surface area contributed by atoms with E-state index in [-0.39, 0.29) is 0 Å². The molecule has 0 unspecified atom stereocenters. The normalized spacial score (nSPS) is 21.2. The van der Waals surface area contributed by atoms with Gasteiger partial charge in [-0.25, -0.2) is 4.99 Å². The molecule has 1 aliphatic carbocycles. The van der Waals surface area contributed by atoms with Gasteiger partial charge < -0.3 is 15.2 Å². The third-order valence-electron chi connectivity index (χ3n) is 6.16. The van der Waals surface area contributed by atoms with Gasteiger partial charge in [0.2, 0.25) is 0 Å². The van der Waals surface area contributed by atoms with Crippen LogP contribution in [0.5, 0.6) is 0 Å². The molecule has 2 aliphatic rings. The van der Waals surface area contributed by atoms with Crippen LogP contribution in [0.1, 0.15) is 71.0 Å². The number of aromatic nitrogens is 3. The molecule has 3 rings (SSSR count). The lowest BCUT2D eigenvalue weighted by molar-refractivity contribution is 0.0368. The minimum absolute atomic E-state index is 0.304. The molecule has 2 heterocycles. The predicted molar refractivity (Wildman–Crippen MR) is 110 cm³/mol. The van der Waals surface area contributed by atoms with Gasteiger partial charge in [-0.2, -0.15) is 0 Å². The quantitative estimate of drug-likeness (QED) is 0.566. The summed E-state index contributed by atoms with van der Waals surface area (Å²) in [6, 6.07) is 0. The van der Waals surface area contributed by atoms with Crippen molar-refractivity contribution >= 4 is 5.96 Å². The summed E-state index contributed by atoms with van der Waals surface area (Å²) in [5.74, 6) is 1.81. The molecule has 0 bridgehead atoms. The average Bonchev–Trinajstić information content (AvgIpc) is 3.19. The topological polar surface area (TPSA) is 70.4 Å². The maximum atomic E-state index is 4.78. The van der Waals surface area contributed by atoms with Gasteiger partial charge in [-0.3, -0.25) is 4.90 Å². The van der Waals surface area contributed by atoms with Gasteiger partial charge in [-0.05, 0) is 52.6 Å². The van der Waals surface area contributed by atoms with Gasteiger partial charge in [0.1, 0.15) is 12.9 Å². The number of rotatable bonds is 7. The second-order valence-corrected chi connectivity index (χ2v) is 7.91. The van der Waals surface area contributed by atoms with E-state index in [9.17, 15) is 0 Å². The van der Waals surface area contributed by atoms with Gasteiger partial charge in [0.05, 0.1) is 0 Å². The van der Waals surface area contributed by atoms with E-state index in [1.54, 1.807) is 6.33 Å². The van der Waals surface area contributed by atoms with Crippen LogP contribution in [0, 0.1) is 0 Å². The molecule has 2 fully saturated rings. The second kappa shape index (κ2) is 10.1. The van der Waals surface area contributed by atoms with Crippen molar-refractivity contribution in [3.05, 3.63) is 12.2 Å². The Morgan fingerprint density at radius 2 is 1.81 bits per heavy atom. The van der Waals surface area contributed by atoms with E-state index in [1.165, 1.54) is 64.5 Å². The Labute approximate surface area is 164 Å². The fourth-order valence-corrected chi connectivity index (χ4v) is 4.59. The van der Waals surface area contributed by atoms with E-state index in [0.717, 1.165) is 31.4 Å². The van der Waals surface area contributed by atoms with Crippen molar-refractivity contribution in [2.24, 2.45) is 4.99 Å². The molecule has 0 atom stereocenters. The third-order valence-corrected chi connectivity index (χ3v) is 6.16.